The van der Waals surface area contributed by atoms with Crippen molar-refractivity contribution >= 4 is 11.7 Å². The maximum Gasteiger partial charge on any atom is 0.410 e. The molecule has 2 bridgehead atoms. The Balaban J connectivity index is 1.23. The van der Waals surface area contributed by atoms with Crippen LogP contribution in [-0.4, -0.2) is 42.9 Å². The first kappa shape index (κ1) is 22.5. The van der Waals surface area contributed by atoms with Gasteiger partial charge in [-0.15, -0.1) is 0 Å². The van der Waals surface area contributed by atoms with Crippen LogP contribution in [-0.2, 0) is 15.9 Å². The van der Waals surface area contributed by atoms with Crippen molar-refractivity contribution < 1.29 is 18.7 Å². The molecule has 0 radical (unpaired) electrons. The lowest BCUT2D eigenvalue weighted by Gasteiger charge is -2.44. The van der Waals surface area contributed by atoms with Crippen LogP contribution in [0.5, 0.6) is 0 Å². The molecule has 2 aliphatic heterocycles. The zero-order valence-electron chi connectivity index (χ0n) is 19.7. The van der Waals surface area contributed by atoms with Crippen LogP contribution in [0.3, 0.4) is 0 Å². The van der Waals surface area contributed by atoms with E-state index >= 15 is 0 Å². The van der Waals surface area contributed by atoms with Crippen molar-refractivity contribution in [1.29, 1.82) is 5.26 Å². The number of morpholine rings is 1. The van der Waals surface area contributed by atoms with Crippen LogP contribution < -0.4 is 0 Å². The van der Waals surface area contributed by atoms with Gasteiger partial charge in [0, 0.05) is 5.92 Å². The summed E-state index contributed by atoms with van der Waals surface area (Å²) < 4.78 is 25.8. The van der Waals surface area contributed by atoms with Gasteiger partial charge in [0.2, 0.25) is 0 Å². The van der Waals surface area contributed by atoms with E-state index < -0.39 is 0 Å². The molecule has 1 amide bonds. The van der Waals surface area contributed by atoms with Gasteiger partial charge >= 0.3 is 6.09 Å². The average molecular weight is 481 g/mol. The number of halogens is 1. The molecule has 1 aliphatic carbocycles. The van der Waals surface area contributed by atoms with Gasteiger partial charge in [-0.25, -0.2) is 9.18 Å². The standard InChI is InChI=1S/C30H25FN2O3/c31-21-10-9-19(11-12-32)28(15-21)20-13-22-16-35-17-23(14-20)33(22)30(34)36-18-29-26-7-3-1-5-24(26)25-6-2-4-8-27(25)29/h1-10,13,15,22-23,29H,11,14,16-18H2. The first-order valence-electron chi connectivity index (χ1n) is 12.2. The molecule has 5 nitrogen and oxygen atoms in total. The Labute approximate surface area is 209 Å². The molecule has 3 aliphatic rings. The summed E-state index contributed by atoms with van der Waals surface area (Å²) in [6, 6.07) is 22.7. The van der Waals surface area contributed by atoms with E-state index in [4.69, 9.17) is 9.47 Å². The molecule has 36 heavy (non-hydrogen) atoms. The smallest absolute Gasteiger partial charge is 0.410 e. The van der Waals surface area contributed by atoms with Crippen LogP contribution in [0.2, 0.25) is 0 Å². The van der Waals surface area contributed by atoms with Crippen molar-refractivity contribution in [2.45, 2.75) is 30.8 Å². The number of carbonyl (C=O) groups is 1. The summed E-state index contributed by atoms with van der Waals surface area (Å²) in [6.07, 6.45) is 2.33. The van der Waals surface area contributed by atoms with Gasteiger partial charge in [-0.05, 0) is 57.5 Å². The van der Waals surface area contributed by atoms with Crippen molar-refractivity contribution in [3.05, 3.63) is 101 Å². The van der Waals surface area contributed by atoms with E-state index in [2.05, 4.69) is 30.3 Å². The fraction of sp³-hybridized carbons (Fsp3) is 0.267. The van der Waals surface area contributed by atoms with Gasteiger partial charge in [0.05, 0.1) is 37.8 Å². The van der Waals surface area contributed by atoms with Crippen LogP contribution in [0.4, 0.5) is 9.18 Å². The highest BCUT2D eigenvalue weighted by molar-refractivity contribution is 5.79. The molecule has 0 aromatic heterocycles. The number of benzene rings is 3. The third kappa shape index (κ3) is 3.86. The first-order chi connectivity index (χ1) is 17.6. The van der Waals surface area contributed by atoms with Crippen molar-refractivity contribution in [3.8, 4) is 17.2 Å². The molecule has 2 heterocycles. The van der Waals surface area contributed by atoms with E-state index in [1.807, 2.05) is 30.3 Å². The molecule has 2 unspecified atom stereocenters. The van der Waals surface area contributed by atoms with E-state index in [1.54, 1.807) is 11.0 Å². The number of amides is 1. The predicted molar refractivity (Wildman–Crippen MR) is 134 cm³/mol. The molecule has 1 fully saturated rings. The number of nitriles is 1. The summed E-state index contributed by atoms with van der Waals surface area (Å²) in [5, 5.41) is 9.21. The Morgan fingerprint density at radius 3 is 2.44 bits per heavy atom. The molecular weight excluding hydrogens is 455 g/mol. The Bertz CT molecular complexity index is 1360. The zero-order valence-corrected chi connectivity index (χ0v) is 19.7. The summed E-state index contributed by atoms with van der Waals surface area (Å²) in [5.41, 5.74) is 7.19. The molecule has 0 N–H and O–H groups in total. The van der Waals surface area contributed by atoms with E-state index in [1.165, 1.54) is 34.4 Å². The van der Waals surface area contributed by atoms with E-state index in [-0.39, 0.29) is 42.9 Å². The molecule has 0 spiro atoms. The quantitative estimate of drug-likeness (QED) is 0.481. The predicted octanol–water partition coefficient (Wildman–Crippen LogP) is 5.70. The maximum atomic E-state index is 14.1. The minimum Gasteiger partial charge on any atom is -0.448 e. The second-order valence-electron chi connectivity index (χ2n) is 9.50. The molecule has 6 rings (SSSR count). The normalized spacial score (nSPS) is 20.2. The van der Waals surface area contributed by atoms with Gasteiger partial charge in [-0.2, -0.15) is 5.26 Å². The Morgan fingerprint density at radius 2 is 1.75 bits per heavy atom. The maximum absolute atomic E-state index is 14.1. The number of hydrogen-bond acceptors (Lipinski definition) is 4. The largest absolute Gasteiger partial charge is 0.448 e. The van der Waals surface area contributed by atoms with Crippen LogP contribution >= 0.6 is 0 Å². The Kier molecular flexibility index (Phi) is 5.79. The fourth-order valence-corrected chi connectivity index (χ4v) is 5.84. The first-order valence-corrected chi connectivity index (χ1v) is 12.2. The molecular formula is C30H25FN2O3. The molecule has 3 aromatic carbocycles. The number of ether oxygens (including phenoxy) is 2. The molecule has 3 aromatic rings. The van der Waals surface area contributed by atoms with Gasteiger partial charge in [0.1, 0.15) is 12.4 Å². The van der Waals surface area contributed by atoms with Crippen molar-refractivity contribution in [3.63, 3.8) is 0 Å². The molecule has 2 atom stereocenters. The number of hydrogen-bond donors (Lipinski definition) is 0. The highest BCUT2D eigenvalue weighted by Gasteiger charge is 2.40. The van der Waals surface area contributed by atoms with E-state index in [0.717, 1.165) is 16.7 Å². The lowest BCUT2D eigenvalue weighted by atomic mass is 9.87. The second-order valence-corrected chi connectivity index (χ2v) is 9.50. The lowest BCUT2D eigenvalue weighted by Crippen LogP contribution is -2.56. The van der Waals surface area contributed by atoms with Gasteiger partial charge in [-0.1, -0.05) is 60.7 Å². The van der Waals surface area contributed by atoms with Crippen molar-refractivity contribution in [1.82, 2.24) is 4.90 Å². The summed E-state index contributed by atoms with van der Waals surface area (Å²) in [4.78, 5) is 15.1. The molecule has 0 saturated carbocycles. The van der Waals surface area contributed by atoms with Crippen molar-refractivity contribution in [2.24, 2.45) is 0 Å². The summed E-state index contributed by atoms with van der Waals surface area (Å²) in [6.45, 7) is 1.00. The summed E-state index contributed by atoms with van der Waals surface area (Å²) >= 11 is 0. The van der Waals surface area contributed by atoms with Crippen molar-refractivity contribution in [2.75, 3.05) is 19.8 Å². The highest BCUT2D eigenvalue weighted by atomic mass is 19.1. The van der Waals surface area contributed by atoms with E-state index in [9.17, 15) is 14.4 Å². The number of carbonyl (C=O) groups excluding carboxylic acids is 1. The Morgan fingerprint density at radius 1 is 1.03 bits per heavy atom. The average Bonchev–Trinajstić information content (AvgIpc) is 3.21. The van der Waals surface area contributed by atoms with Crippen LogP contribution in [0.25, 0.3) is 16.7 Å². The van der Waals surface area contributed by atoms with Gasteiger partial charge < -0.3 is 9.47 Å². The topological polar surface area (TPSA) is 62.6 Å². The lowest BCUT2D eigenvalue weighted by molar-refractivity contribution is -0.0331. The highest BCUT2D eigenvalue weighted by Crippen LogP contribution is 2.44. The van der Waals surface area contributed by atoms with Crippen LogP contribution in [0.15, 0.2) is 72.8 Å². The third-order valence-electron chi connectivity index (χ3n) is 7.43. The number of rotatable bonds is 4. The number of fused-ring (bicyclic) bond motifs is 5. The van der Waals surface area contributed by atoms with Gasteiger partial charge in [-0.3, -0.25) is 4.90 Å². The fourth-order valence-electron chi connectivity index (χ4n) is 5.84. The SMILES string of the molecule is N#CCc1ccc(F)cc1C1=CC2COCC(C1)N2C(=O)OCC1c2ccccc2-c2ccccc21. The minimum absolute atomic E-state index is 0.00540. The van der Waals surface area contributed by atoms with E-state index in [0.29, 0.717) is 19.6 Å². The van der Waals surface area contributed by atoms with Crippen LogP contribution in [0.1, 0.15) is 34.6 Å². The van der Waals surface area contributed by atoms with Gasteiger partial charge in [0.15, 0.2) is 0 Å². The molecule has 180 valence electrons. The van der Waals surface area contributed by atoms with Crippen LogP contribution in [0, 0.1) is 17.1 Å². The molecule has 1 saturated heterocycles. The minimum atomic E-state index is -0.359. The monoisotopic (exact) mass is 480 g/mol. The molecule has 6 heteroatoms. The third-order valence-corrected chi connectivity index (χ3v) is 7.43. The zero-order chi connectivity index (χ0) is 24.6. The summed E-state index contributed by atoms with van der Waals surface area (Å²) in [7, 11) is 0. The summed E-state index contributed by atoms with van der Waals surface area (Å²) in [5.74, 6) is -0.345. The second kappa shape index (κ2) is 9.25. The van der Waals surface area contributed by atoms with Gasteiger partial charge in [0.25, 0.3) is 0 Å². The Hall–Kier alpha value is -3.95. The number of nitrogens with zero attached hydrogens (tertiary/aromatic N) is 2.